The van der Waals surface area contributed by atoms with E-state index in [0.717, 1.165) is 50.2 Å². The molecule has 0 aliphatic carbocycles. The third kappa shape index (κ3) is 2.90. The van der Waals surface area contributed by atoms with Crippen molar-refractivity contribution in [3.8, 4) is 11.3 Å². The molecule has 2 aliphatic rings. The van der Waals surface area contributed by atoms with Gasteiger partial charge in [-0.3, -0.25) is 9.48 Å². The smallest absolute Gasteiger partial charge is 0.264 e. The van der Waals surface area contributed by atoms with Gasteiger partial charge in [-0.15, -0.1) is 11.3 Å². The number of aromatic nitrogens is 4. The second kappa shape index (κ2) is 6.33. The summed E-state index contributed by atoms with van der Waals surface area (Å²) in [7, 11) is 1.88. The SMILES string of the molecule is Cn1cc2cc(-c3ccc4cc(C(=O)N5C[C@H]6CC[C@H](C5)O6)sc4n3)cnc2n1. The number of nitrogens with zero attached hydrogens (tertiary/aromatic N) is 5. The van der Waals surface area contributed by atoms with Gasteiger partial charge in [0.15, 0.2) is 5.65 Å². The lowest BCUT2D eigenvalue weighted by Crippen LogP contribution is -2.45. The largest absolute Gasteiger partial charge is 0.371 e. The van der Waals surface area contributed by atoms with Crippen LogP contribution in [0.15, 0.2) is 36.7 Å². The van der Waals surface area contributed by atoms with Gasteiger partial charge in [0.05, 0.1) is 22.8 Å². The van der Waals surface area contributed by atoms with Gasteiger partial charge in [-0.2, -0.15) is 5.10 Å². The highest BCUT2D eigenvalue weighted by molar-refractivity contribution is 7.20. The maximum atomic E-state index is 13.0. The molecule has 2 atom stereocenters. The molecular weight excluding hydrogens is 386 g/mol. The van der Waals surface area contributed by atoms with E-state index >= 15 is 0 Å². The van der Waals surface area contributed by atoms with Crippen LogP contribution >= 0.6 is 11.3 Å². The number of fused-ring (bicyclic) bond motifs is 4. The van der Waals surface area contributed by atoms with E-state index in [1.54, 1.807) is 10.9 Å². The Hall–Kier alpha value is -2.84. The number of ether oxygens (including phenoxy) is 1. The molecule has 0 unspecified atom stereocenters. The van der Waals surface area contributed by atoms with Crippen LogP contribution in [0.5, 0.6) is 0 Å². The van der Waals surface area contributed by atoms with Crippen LogP contribution in [-0.4, -0.2) is 55.9 Å². The van der Waals surface area contributed by atoms with E-state index in [-0.39, 0.29) is 18.1 Å². The van der Waals surface area contributed by atoms with E-state index in [1.807, 2.05) is 42.4 Å². The fraction of sp³-hybridized carbons (Fsp3) is 0.333. The van der Waals surface area contributed by atoms with Crippen LogP contribution in [0.3, 0.4) is 0 Å². The van der Waals surface area contributed by atoms with Crippen LogP contribution in [0, 0.1) is 0 Å². The first kappa shape index (κ1) is 17.1. The van der Waals surface area contributed by atoms with Gasteiger partial charge in [0.1, 0.15) is 4.83 Å². The van der Waals surface area contributed by atoms with Gasteiger partial charge in [0.25, 0.3) is 5.91 Å². The molecule has 2 aliphatic heterocycles. The Morgan fingerprint density at radius 3 is 2.83 bits per heavy atom. The van der Waals surface area contributed by atoms with E-state index < -0.39 is 0 Å². The minimum atomic E-state index is 0.0909. The molecule has 2 saturated heterocycles. The molecule has 4 aromatic heterocycles. The number of morpholine rings is 1. The normalized spacial score (nSPS) is 21.3. The van der Waals surface area contributed by atoms with Crippen molar-refractivity contribution in [3.05, 3.63) is 41.5 Å². The molecule has 1 amide bonds. The second-order valence-electron chi connectivity index (χ2n) is 7.81. The van der Waals surface area contributed by atoms with E-state index in [1.165, 1.54) is 11.3 Å². The minimum absolute atomic E-state index is 0.0909. The summed E-state index contributed by atoms with van der Waals surface area (Å²) in [4.78, 5) is 25.8. The molecule has 7 nitrogen and oxygen atoms in total. The molecular formula is C21H19N5O2S. The van der Waals surface area contributed by atoms with E-state index in [0.29, 0.717) is 13.1 Å². The van der Waals surface area contributed by atoms with Crippen LogP contribution in [0.2, 0.25) is 0 Å². The molecule has 0 N–H and O–H groups in total. The van der Waals surface area contributed by atoms with Gasteiger partial charge in [0, 0.05) is 48.9 Å². The number of carbonyl (C=O) groups excluding carboxylic acids is 1. The first-order chi connectivity index (χ1) is 14.1. The number of carbonyl (C=O) groups is 1. The Morgan fingerprint density at radius 2 is 2.00 bits per heavy atom. The quantitative estimate of drug-likeness (QED) is 0.512. The Kier molecular flexibility index (Phi) is 3.72. The van der Waals surface area contributed by atoms with Crippen LogP contribution in [0.1, 0.15) is 22.5 Å². The molecule has 0 aromatic carbocycles. The molecule has 2 fully saturated rings. The predicted molar refractivity (Wildman–Crippen MR) is 111 cm³/mol. The Balaban J connectivity index is 1.32. The van der Waals surface area contributed by atoms with Gasteiger partial charge < -0.3 is 9.64 Å². The Morgan fingerprint density at radius 1 is 1.17 bits per heavy atom. The first-order valence-corrected chi connectivity index (χ1v) is 10.6. The lowest BCUT2D eigenvalue weighted by molar-refractivity contribution is -0.0302. The summed E-state index contributed by atoms with van der Waals surface area (Å²) >= 11 is 1.46. The molecule has 0 spiro atoms. The zero-order chi connectivity index (χ0) is 19.5. The van der Waals surface area contributed by atoms with Gasteiger partial charge in [0.2, 0.25) is 0 Å². The number of hydrogen-bond acceptors (Lipinski definition) is 6. The molecule has 6 heterocycles. The van der Waals surface area contributed by atoms with Gasteiger partial charge in [-0.25, -0.2) is 9.97 Å². The number of thiophene rings is 1. The molecule has 29 heavy (non-hydrogen) atoms. The third-order valence-electron chi connectivity index (χ3n) is 5.69. The van der Waals surface area contributed by atoms with Crippen molar-refractivity contribution < 1.29 is 9.53 Å². The molecule has 2 bridgehead atoms. The fourth-order valence-electron chi connectivity index (χ4n) is 4.29. The lowest BCUT2D eigenvalue weighted by atomic mass is 10.1. The standard InChI is InChI=1S/C21H19N5O2S/c1-25-9-14-6-13(8-22-19(14)24-25)17-5-2-12-7-18(29-20(12)23-17)21(27)26-10-15-3-4-16(11-26)28-15/h2,5-9,15-16H,3-4,10-11H2,1H3/t15-,16-/m1/s1. The summed E-state index contributed by atoms with van der Waals surface area (Å²) < 4.78 is 7.61. The zero-order valence-electron chi connectivity index (χ0n) is 15.9. The number of hydrogen-bond donors (Lipinski definition) is 0. The molecule has 6 rings (SSSR count). The molecule has 0 saturated carbocycles. The van der Waals surface area contributed by atoms with Crippen molar-refractivity contribution in [1.82, 2.24) is 24.6 Å². The number of rotatable bonds is 2. The lowest BCUT2D eigenvalue weighted by Gasteiger charge is -2.31. The maximum absolute atomic E-state index is 13.0. The molecule has 0 radical (unpaired) electrons. The molecule has 4 aromatic rings. The van der Waals surface area contributed by atoms with Crippen LogP contribution in [0.25, 0.3) is 32.5 Å². The summed E-state index contributed by atoms with van der Waals surface area (Å²) in [5.41, 5.74) is 2.51. The number of pyridine rings is 2. The van der Waals surface area contributed by atoms with E-state index in [2.05, 4.69) is 10.1 Å². The van der Waals surface area contributed by atoms with Gasteiger partial charge >= 0.3 is 0 Å². The minimum Gasteiger partial charge on any atom is -0.371 e. The van der Waals surface area contributed by atoms with Crippen molar-refractivity contribution in [1.29, 1.82) is 0 Å². The topological polar surface area (TPSA) is 73.1 Å². The highest BCUT2D eigenvalue weighted by Crippen LogP contribution is 2.31. The summed E-state index contributed by atoms with van der Waals surface area (Å²) in [6.45, 7) is 1.39. The van der Waals surface area contributed by atoms with Crippen molar-refractivity contribution in [3.63, 3.8) is 0 Å². The summed E-state index contributed by atoms with van der Waals surface area (Å²) in [5, 5.41) is 6.29. The molecule has 146 valence electrons. The van der Waals surface area contributed by atoms with Gasteiger partial charge in [-0.05, 0) is 37.1 Å². The van der Waals surface area contributed by atoms with Crippen molar-refractivity contribution >= 4 is 38.5 Å². The number of amides is 1. The van der Waals surface area contributed by atoms with Gasteiger partial charge in [-0.1, -0.05) is 0 Å². The van der Waals surface area contributed by atoms with Crippen LogP contribution in [-0.2, 0) is 11.8 Å². The van der Waals surface area contributed by atoms with Crippen molar-refractivity contribution in [2.45, 2.75) is 25.0 Å². The highest BCUT2D eigenvalue weighted by Gasteiger charge is 2.36. The average molecular weight is 405 g/mol. The fourth-order valence-corrected chi connectivity index (χ4v) is 5.29. The highest BCUT2D eigenvalue weighted by atomic mass is 32.1. The maximum Gasteiger partial charge on any atom is 0.264 e. The molecule has 8 heteroatoms. The Labute approximate surface area is 170 Å². The van der Waals surface area contributed by atoms with Crippen molar-refractivity contribution in [2.24, 2.45) is 7.05 Å². The average Bonchev–Trinajstić information content (AvgIpc) is 3.41. The van der Waals surface area contributed by atoms with Crippen LogP contribution in [0.4, 0.5) is 0 Å². The number of aryl methyl sites for hydroxylation is 1. The second-order valence-corrected chi connectivity index (χ2v) is 8.84. The monoisotopic (exact) mass is 405 g/mol. The number of likely N-dealkylation sites (tertiary alicyclic amines) is 1. The zero-order valence-corrected chi connectivity index (χ0v) is 16.7. The van der Waals surface area contributed by atoms with E-state index in [9.17, 15) is 4.79 Å². The third-order valence-corrected chi connectivity index (χ3v) is 6.73. The van der Waals surface area contributed by atoms with Crippen molar-refractivity contribution in [2.75, 3.05) is 13.1 Å². The van der Waals surface area contributed by atoms with E-state index in [4.69, 9.17) is 9.72 Å². The predicted octanol–water partition coefficient (Wildman–Crippen LogP) is 3.25. The summed E-state index contributed by atoms with van der Waals surface area (Å²) in [6.07, 6.45) is 6.26. The van der Waals surface area contributed by atoms with Crippen LogP contribution < -0.4 is 0 Å². The first-order valence-electron chi connectivity index (χ1n) is 9.77. The Bertz CT molecular complexity index is 1250. The summed E-state index contributed by atoms with van der Waals surface area (Å²) in [6, 6.07) is 8.02. The summed E-state index contributed by atoms with van der Waals surface area (Å²) in [5.74, 6) is 0.0909.